The van der Waals surface area contributed by atoms with Crippen molar-refractivity contribution in [1.82, 2.24) is 9.38 Å². The minimum absolute atomic E-state index is 1.00. The van der Waals surface area contributed by atoms with Crippen LogP contribution in [0, 0.1) is 0 Å². The lowest BCUT2D eigenvalue weighted by molar-refractivity contribution is 1.32. The number of nitrogens with zero attached hydrogens (tertiary/aromatic N) is 2. The third-order valence-electron chi connectivity index (χ3n) is 9.54. The van der Waals surface area contributed by atoms with Crippen LogP contribution in [0.25, 0.3) is 92.9 Å². The summed E-state index contributed by atoms with van der Waals surface area (Å²) in [7, 11) is 0. The van der Waals surface area contributed by atoms with E-state index in [2.05, 4.69) is 162 Å². The molecule has 2 heteroatoms. The molecule has 45 heavy (non-hydrogen) atoms. The van der Waals surface area contributed by atoms with Gasteiger partial charge >= 0.3 is 0 Å². The van der Waals surface area contributed by atoms with Crippen LogP contribution in [0.4, 0.5) is 0 Å². The Morgan fingerprint density at radius 1 is 0.378 bits per heavy atom. The van der Waals surface area contributed by atoms with Gasteiger partial charge in [-0.05, 0) is 84.9 Å². The molecule has 8 aromatic carbocycles. The molecular weight excluding hydrogens is 544 g/mol. The van der Waals surface area contributed by atoms with Crippen LogP contribution in [0.15, 0.2) is 158 Å². The third kappa shape index (κ3) is 3.54. The van der Waals surface area contributed by atoms with Gasteiger partial charge in [0.2, 0.25) is 0 Å². The molecule has 0 saturated carbocycles. The first kappa shape index (κ1) is 24.5. The zero-order valence-corrected chi connectivity index (χ0v) is 24.4. The van der Waals surface area contributed by atoms with Gasteiger partial charge in [0.05, 0.1) is 16.6 Å². The van der Waals surface area contributed by atoms with Crippen LogP contribution in [0.3, 0.4) is 0 Å². The predicted molar refractivity (Wildman–Crippen MR) is 191 cm³/mol. The van der Waals surface area contributed by atoms with Crippen molar-refractivity contribution >= 4 is 70.7 Å². The minimum atomic E-state index is 1.00. The van der Waals surface area contributed by atoms with E-state index in [0.717, 1.165) is 16.7 Å². The highest BCUT2D eigenvalue weighted by Gasteiger charge is 2.16. The van der Waals surface area contributed by atoms with E-state index in [1.54, 1.807) is 0 Å². The molecule has 2 heterocycles. The molecule has 0 aliphatic carbocycles. The molecule has 0 fully saturated rings. The largest absolute Gasteiger partial charge is 0.292 e. The fourth-order valence-corrected chi connectivity index (χ4v) is 7.44. The number of fused-ring (bicyclic) bond motifs is 13. The highest BCUT2D eigenvalue weighted by atomic mass is 15.0. The maximum Gasteiger partial charge on any atom is 0.146 e. The second-order valence-corrected chi connectivity index (χ2v) is 12.0. The molecule has 0 saturated heterocycles. The van der Waals surface area contributed by atoms with Crippen molar-refractivity contribution in [3.05, 3.63) is 158 Å². The van der Waals surface area contributed by atoms with Gasteiger partial charge < -0.3 is 0 Å². The molecule has 0 aliphatic heterocycles. The molecule has 208 valence electrons. The molecule has 0 unspecified atom stereocenters. The maximum absolute atomic E-state index is 5.16. The van der Waals surface area contributed by atoms with E-state index in [0.29, 0.717) is 0 Å². The van der Waals surface area contributed by atoms with Crippen molar-refractivity contribution in [2.75, 3.05) is 0 Å². The van der Waals surface area contributed by atoms with Gasteiger partial charge in [0.1, 0.15) is 5.65 Å². The van der Waals surface area contributed by atoms with Crippen LogP contribution in [0.5, 0.6) is 0 Å². The van der Waals surface area contributed by atoms with E-state index in [4.69, 9.17) is 4.98 Å². The number of aromatic nitrogens is 2. The fourth-order valence-electron chi connectivity index (χ4n) is 7.44. The molecule has 0 aliphatic rings. The van der Waals surface area contributed by atoms with Gasteiger partial charge in [-0.25, -0.2) is 4.98 Å². The number of imidazole rings is 1. The SMILES string of the molecule is c1ccc2c(c1)cc(-c1ccc(-c3ccc4c5c6ccccc6ccc5c5nc6ccccc6n5c4c3)cc1)c1ccccc12. The standard InChI is InChI=1S/C43H26N2/c1-4-12-33-28(9-1)21-24-37-42(33)36-23-22-30(26-41(36)45-40-16-8-7-15-39(40)44-43(37)45)27-17-19-29(20-18-27)38-25-31-10-2-3-11-32(31)34-13-5-6-14-35(34)38/h1-26H. The highest BCUT2D eigenvalue weighted by Crippen LogP contribution is 2.39. The molecule has 0 atom stereocenters. The Morgan fingerprint density at radius 3 is 1.89 bits per heavy atom. The highest BCUT2D eigenvalue weighted by molar-refractivity contribution is 6.24. The van der Waals surface area contributed by atoms with Crippen molar-refractivity contribution in [2.45, 2.75) is 0 Å². The second-order valence-electron chi connectivity index (χ2n) is 12.0. The van der Waals surface area contributed by atoms with E-state index in [9.17, 15) is 0 Å². The smallest absolute Gasteiger partial charge is 0.146 e. The van der Waals surface area contributed by atoms with E-state index in [1.165, 1.54) is 76.2 Å². The number of hydrogen-bond donors (Lipinski definition) is 0. The monoisotopic (exact) mass is 570 g/mol. The van der Waals surface area contributed by atoms with Gasteiger partial charge in [-0.3, -0.25) is 4.40 Å². The number of benzene rings is 8. The number of hydrogen-bond acceptors (Lipinski definition) is 1. The predicted octanol–water partition coefficient (Wildman–Crippen LogP) is 11.6. The zero-order chi connectivity index (χ0) is 29.5. The van der Waals surface area contributed by atoms with Gasteiger partial charge in [-0.15, -0.1) is 0 Å². The summed E-state index contributed by atoms with van der Waals surface area (Å²) in [6, 6.07) is 57.3. The molecule has 0 radical (unpaired) electrons. The molecule has 0 N–H and O–H groups in total. The molecular formula is C43H26N2. The molecule has 0 amide bonds. The summed E-state index contributed by atoms with van der Waals surface area (Å²) in [5.74, 6) is 0. The fraction of sp³-hybridized carbons (Fsp3) is 0. The van der Waals surface area contributed by atoms with Crippen LogP contribution in [0.2, 0.25) is 0 Å². The zero-order valence-electron chi connectivity index (χ0n) is 24.4. The molecule has 10 rings (SSSR count). The Kier molecular flexibility index (Phi) is 5.03. The van der Waals surface area contributed by atoms with E-state index < -0.39 is 0 Å². The molecule has 0 bridgehead atoms. The Morgan fingerprint density at radius 2 is 1.02 bits per heavy atom. The van der Waals surface area contributed by atoms with Gasteiger partial charge in [-0.2, -0.15) is 0 Å². The Balaban J connectivity index is 1.20. The van der Waals surface area contributed by atoms with Crippen molar-refractivity contribution in [3.8, 4) is 22.3 Å². The van der Waals surface area contributed by atoms with Crippen LogP contribution in [-0.2, 0) is 0 Å². The Bertz CT molecular complexity index is 2800. The number of rotatable bonds is 2. The van der Waals surface area contributed by atoms with Crippen molar-refractivity contribution in [1.29, 1.82) is 0 Å². The van der Waals surface area contributed by atoms with Gasteiger partial charge in [0.25, 0.3) is 0 Å². The number of para-hydroxylation sites is 2. The second kappa shape index (κ2) is 9.25. The topological polar surface area (TPSA) is 17.3 Å². The first-order valence-electron chi connectivity index (χ1n) is 15.5. The van der Waals surface area contributed by atoms with Crippen LogP contribution >= 0.6 is 0 Å². The van der Waals surface area contributed by atoms with Crippen LogP contribution in [0.1, 0.15) is 0 Å². The summed E-state index contributed by atoms with van der Waals surface area (Å²) in [6.07, 6.45) is 0. The summed E-state index contributed by atoms with van der Waals surface area (Å²) >= 11 is 0. The lowest BCUT2D eigenvalue weighted by atomic mass is 9.92. The first-order chi connectivity index (χ1) is 22.3. The summed E-state index contributed by atoms with van der Waals surface area (Å²) in [5.41, 5.74) is 9.18. The van der Waals surface area contributed by atoms with Crippen LogP contribution < -0.4 is 0 Å². The molecule has 2 nitrogen and oxygen atoms in total. The first-order valence-corrected chi connectivity index (χ1v) is 15.5. The lowest BCUT2D eigenvalue weighted by Crippen LogP contribution is -1.93. The number of pyridine rings is 1. The van der Waals surface area contributed by atoms with E-state index in [1.807, 2.05) is 0 Å². The average molecular weight is 571 g/mol. The van der Waals surface area contributed by atoms with Gasteiger partial charge in [-0.1, -0.05) is 127 Å². The van der Waals surface area contributed by atoms with Crippen molar-refractivity contribution in [2.24, 2.45) is 0 Å². The van der Waals surface area contributed by atoms with Crippen molar-refractivity contribution in [3.63, 3.8) is 0 Å². The maximum atomic E-state index is 5.16. The van der Waals surface area contributed by atoms with Crippen LogP contribution in [-0.4, -0.2) is 9.38 Å². The third-order valence-corrected chi connectivity index (χ3v) is 9.54. The normalized spacial score (nSPS) is 12.0. The quantitative estimate of drug-likeness (QED) is 0.189. The van der Waals surface area contributed by atoms with Gasteiger partial charge in [0.15, 0.2) is 0 Å². The van der Waals surface area contributed by atoms with E-state index in [-0.39, 0.29) is 0 Å². The summed E-state index contributed by atoms with van der Waals surface area (Å²) < 4.78 is 2.35. The molecule has 10 aromatic rings. The Hall–Kier alpha value is -5.99. The lowest BCUT2D eigenvalue weighted by Gasteiger charge is -2.14. The average Bonchev–Trinajstić information content (AvgIpc) is 3.51. The molecule has 0 spiro atoms. The van der Waals surface area contributed by atoms with E-state index >= 15 is 0 Å². The summed E-state index contributed by atoms with van der Waals surface area (Å²) in [6.45, 7) is 0. The Labute approximate surface area is 259 Å². The molecule has 2 aromatic heterocycles. The summed E-state index contributed by atoms with van der Waals surface area (Å²) in [5, 5.41) is 11.3. The van der Waals surface area contributed by atoms with Crippen molar-refractivity contribution < 1.29 is 0 Å². The van der Waals surface area contributed by atoms with Gasteiger partial charge in [0, 0.05) is 16.2 Å². The minimum Gasteiger partial charge on any atom is -0.292 e. The summed E-state index contributed by atoms with van der Waals surface area (Å²) in [4.78, 5) is 5.16.